The fourth-order valence-electron chi connectivity index (χ4n) is 4.75. The van der Waals surface area contributed by atoms with Crippen LogP contribution in [0.2, 0.25) is 0 Å². The molecule has 0 radical (unpaired) electrons. The molecule has 1 amide bonds. The molecule has 5 nitrogen and oxygen atoms in total. The van der Waals surface area contributed by atoms with E-state index in [1.165, 1.54) is 5.56 Å². The lowest BCUT2D eigenvalue weighted by molar-refractivity contribution is -0.128. The number of imidazole rings is 1. The van der Waals surface area contributed by atoms with Gasteiger partial charge in [0, 0.05) is 25.4 Å². The van der Waals surface area contributed by atoms with E-state index in [0.717, 1.165) is 33.7 Å². The van der Waals surface area contributed by atoms with Gasteiger partial charge >= 0.3 is 0 Å². The second-order valence-electron chi connectivity index (χ2n) is 8.89. The van der Waals surface area contributed by atoms with Gasteiger partial charge in [0.25, 0.3) is 0 Å². The van der Waals surface area contributed by atoms with Crippen molar-refractivity contribution < 1.29 is 9.53 Å². The van der Waals surface area contributed by atoms with E-state index in [4.69, 9.17) is 9.72 Å². The highest BCUT2D eigenvalue weighted by atomic mass is 16.5. The van der Waals surface area contributed by atoms with Crippen LogP contribution in [0.4, 0.5) is 0 Å². The summed E-state index contributed by atoms with van der Waals surface area (Å²) in [6, 6.07) is 24.6. The summed E-state index contributed by atoms with van der Waals surface area (Å²) < 4.78 is 8.37. The van der Waals surface area contributed by atoms with Gasteiger partial charge in [-0.1, -0.05) is 60.2 Å². The van der Waals surface area contributed by atoms with Gasteiger partial charge < -0.3 is 14.2 Å². The number of rotatable bonds is 7. The average Bonchev–Trinajstić information content (AvgIpc) is 3.36. The van der Waals surface area contributed by atoms with E-state index >= 15 is 0 Å². The average molecular weight is 440 g/mol. The van der Waals surface area contributed by atoms with E-state index in [2.05, 4.69) is 48.7 Å². The van der Waals surface area contributed by atoms with Crippen LogP contribution in [0.5, 0.6) is 5.75 Å². The van der Waals surface area contributed by atoms with Gasteiger partial charge in [0.05, 0.1) is 17.6 Å². The molecule has 1 aliphatic rings. The first-order chi connectivity index (χ1) is 16.1. The largest absolute Gasteiger partial charge is 0.491 e. The van der Waals surface area contributed by atoms with Crippen molar-refractivity contribution in [1.29, 1.82) is 0 Å². The summed E-state index contributed by atoms with van der Waals surface area (Å²) in [7, 11) is 0. The lowest BCUT2D eigenvalue weighted by Crippen LogP contribution is -2.24. The van der Waals surface area contributed by atoms with Gasteiger partial charge in [-0.05, 0) is 43.2 Å². The Morgan fingerprint density at radius 1 is 1.00 bits per heavy atom. The minimum atomic E-state index is 0.0784. The van der Waals surface area contributed by atoms with E-state index in [0.29, 0.717) is 32.7 Å². The fraction of sp³-hybridized carbons (Fsp3) is 0.286. The summed E-state index contributed by atoms with van der Waals surface area (Å²) >= 11 is 0. The maximum Gasteiger partial charge on any atom is 0.223 e. The molecule has 33 heavy (non-hydrogen) atoms. The number of amides is 1. The van der Waals surface area contributed by atoms with Gasteiger partial charge in [-0.3, -0.25) is 4.79 Å². The third-order valence-electron chi connectivity index (χ3n) is 6.38. The Hall–Kier alpha value is -3.60. The molecule has 168 valence electrons. The molecule has 0 unspecified atom stereocenters. The lowest BCUT2D eigenvalue weighted by Gasteiger charge is -2.18. The lowest BCUT2D eigenvalue weighted by atomic mass is 10.1. The van der Waals surface area contributed by atoms with Crippen molar-refractivity contribution in [3.63, 3.8) is 0 Å². The van der Waals surface area contributed by atoms with Crippen LogP contribution >= 0.6 is 0 Å². The first kappa shape index (κ1) is 21.3. The molecule has 3 aromatic carbocycles. The molecular weight excluding hydrogens is 410 g/mol. The van der Waals surface area contributed by atoms with Crippen LogP contribution in [-0.2, 0) is 17.9 Å². The summed E-state index contributed by atoms with van der Waals surface area (Å²) in [5.41, 5.74) is 5.58. The number of fused-ring (bicyclic) bond motifs is 1. The van der Waals surface area contributed by atoms with Gasteiger partial charge in [-0.25, -0.2) is 4.98 Å². The monoisotopic (exact) mass is 439 g/mol. The molecule has 1 fully saturated rings. The zero-order valence-electron chi connectivity index (χ0n) is 19.2. The quantitative estimate of drug-likeness (QED) is 0.395. The number of hydrogen-bond donors (Lipinski definition) is 0. The van der Waals surface area contributed by atoms with Crippen molar-refractivity contribution >= 4 is 16.9 Å². The molecule has 0 aliphatic carbocycles. The number of carbonyl (C=O) groups is 1. The topological polar surface area (TPSA) is 47.4 Å². The van der Waals surface area contributed by atoms with Crippen molar-refractivity contribution in [3.8, 4) is 5.75 Å². The van der Waals surface area contributed by atoms with Gasteiger partial charge in [0.1, 0.15) is 18.2 Å². The predicted molar refractivity (Wildman–Crippen MR) is 130 cm³/mol. The van der Waals surface area contributed by atoms with Gasteiger partial charge in [0.15, 0.2) is 0 Å². The number of aromatic nitrogens is 2. The predicted octanol–water partition coefficient (Wildman–Crippen LogP) is 5.25. The summed E-state index contributed by atoms with van der Waals surface area (Å²) in [6.45, 7) is 6.73. The fourth-order valence-corrected chi connectivity index (χ4v) is 4.75. The van der Waals surface area contributed by atoms with Crippen molar-refractivity contribution in [1.82, 2.24) is 14.5 Å². The van der Waals surface area contributed by atoms with Crippen LogP contribution in [0, 0.1) is 13.8 Å². The zero-order valence-corrected chi connectivity index (χ0v) is 19.2. The van der Waals surface area contributed by atoms with Crippen LogP contribution in [0.15, 0.2) is 72.8 Å². The number of nitrogens with zero attached hydrogens (tertiary/aromatic N) is 3. The number of aryl methyl sites for hydroxylation is 2. The molecule has 1 aromatic heterocycles. The van der Waals surface area contributed by atoms with Crippen molar-refractivity contribution in [2.75, 3.05) is 13.2 Å². The summed E-state index contributed by atoms with van der Waals surface area (Å²) in [5, 5.41) is 0. The second kappa shape index (κ2) is 9.10. The smallest absolute Gasteiger partial charge is 0.223 e. The molecule has 1 atom stereocenters. The molecule has 2 heterocycles. The molecule has 5 rings (SSSR count). The maximum atomic E-state index is 12.8. The standard InChI is InChI=1S/C28H29N3O2/c1-20-12-13-26(21(2)16-20)33-15-14-31-25-11-7-6-10-24(25)29-28(31)23-17-27(32)30(19-23)18-22-8-4-3-5-9-22/h3-13,16,23H,14-15,17-19H2,1-2H3/t23-/m1/s1. The van der Waals surface area contributed by atoms with E-state index in [1.807, 2.05) is 47.4 Å². The molecule has 5 heteroatoms. The Morgan fingerprint density at radius 3 is 2.61 bits per heavy atom. The molecule has 0 saturated carbocycles. The van der Waals surface area contributed by atoms with E-state index in [9.17, 15) is 4.79 Å². The van der Waals surface area contributed by atoms with Gasteiger partial charge in [-0.2, -0.15) is 0 Å². The Balaban J connectivity index is 1.36. The van der Waals surface area contributed by atoms with Crippen LogP contribution in [-0.4, -0.2) is 33.5 Å². The highest BCUT2D eigenvalue weighted by molar-refractivity contribution is 5.81. The molecule has 0 spiro atoms. The minimum Gasteiger partial charge on any atom is -0.491 e. The molecule has 1 aliphatic heterocycles. The number of likely N-dealkylation sites (tertiary alicyclic amines) is 1. The van der Waals surface area contributed by atoms with E-state index in [1.54, 1.807) is 0 Å². The van der Waals surface area contributed by atoms with Crippen molar-refractivity contribution in [2.24, 2.45) is 0 Å². The number of carbonyl (C=O) groups excluding carboxylic acids is 1. The second-order valence-corrected chi connectivity index (χ2v) is 8.89. The Morgan fingerprint density at radius 2 is 1.79 bits per heavy atom. The van der Waals surface area contributed by atoms with Crippen LogP contribution < -0.4 is 4.74 Å². The minimum absolute atomic E-state index is 0.0784. The molecular formula is C28H29N3O2. The SMILES string of the molecule is Cc1ccc(OCCn2c([C@@H]3CC(=O)N(Cc4ccccc4)C3)nc3ccccc32)c(C)c1. The normalized spacial score (nSPS) is 16.0. The van der Waals surface area contributed by atoms with Crippen LogP contribution in [0.25, 0.3) is 11.0 Å². The Labute approximate surface area is 194 Å². The van der Waals surface area contributed by atoms with Crippen LogP contribution in [0.3, 0.4) is 0 Å². The van der Waals surface area contributed by atoms with E-state index < -0.39 is 0 Å². The number of para-hydroxylation sites is 2. The van der Waals surface area contributed by atoms with Crippen molar-refractivity contribution in [3.05, 3.63) is 95.3 Å². The van der Waals surface area contributed by atoms with Gasteiger partial charge in [-0.15, -0.1) is 0 Å². The van der Waals surface area contributed by atoms with Crippen LogP contribution in [0.1, 0.15) is 34.9 Å². The highest BCUT2D eigenvalue weighted by Crippen LogP contribution is 2.31. The zero-order chi connectivity index (χ0) is 22.8. The van der Waals surface area contributed by atoms with Gasteiger partial charge in [0.2, 0.25) is 5.91 Å². The third-order valence-corrected chi connectivity index (χ3v) is 6.38. The Kier molecular flexibility index (Phi) is 5.86. The first-order valence-corrected chi connectivity index (χ1v) is 11.6. The highest BCUT2D eigenvalue weighted by Gasteiger charge is 2.34. The molecule has 0 N–H and O–H groups in total. The molecule has 0 bridgehead atoms. The first-order valence-electron chi connectivity index (χ1n) is 11.6. The Bertz CT molecular complexity index is 1280. The molecule has 1 saturated heterocycles. The summed E-state index contributed by atoms with van der Waals surface area (Å²) in [5.74, 6) is 2.16. The molecule has 4 aromatic rings. The summed E-state index contributed by atoms with van der Waals surface area (Å²) in [4.78, 5) is 19.7. The number of benzene rings is 3. The third kappa shape index (κ3) is 4.49. The number of hydrogen-bond acceptors (Lipinski definition) is 3. The summed E-state index contributed by atoms with van der Waals surface area (Å²) in [6.07, 6.45) is 0.494. The number of ether oxygens (including phenoxy) is 1. The maximum absolute atomic E-state index is 12.8. The van der Waals surface area contributed by atoms with E-state index in [-0.39, 0.29) is 11.8 Å². The van der Waals surface area contributed by atoms with Crippen molar-refractivity contribution in [2.45, 2.75) is 39.3 Å².